The molecule has 0 saturated heterocycles. The van der Waals surface area contributed by atoms with Crippen LogP contribution in [0.4, 0.5) is 0 Å². The lowest BCUT2D eigenvalue weighted by molar-refractivity contribution is 1.35. The van der Waals surface area contributed by atoms with E-state index in [2.05, 4.69) is 92.9 Å². The Morgan fingerprint density at radius 2 is 1.56 bits per heavy atom. The van der Waals surface area contributed by atoms with Crippen LogP contribution in [0.5, 0.6) is 0 Å². The quantitative estimate of drug-likeness (QED) is 0.374. The number of thiophene rings is 1. The van der Waals surface area contributed by atoms with Crippen LogP contribution in [-0.2, 0) is 0 Å². The summed E-state index contributed by atoms with van der Waals surface area (Å²) in [5.41, 5.74) is 9.77. The first kappa shape index (κ1) is 16.6. The monoisotopic (exact) mass is 364 g/mol. The molecule has 0 fully saturated rings. The summed E-state index contributed by atoms with van der Waals surface area (Å²) >= 11 is 1.84. The van der Waals surface area contributed by atoms with E-state index in [0.29, 0.717) is 0 Å². The number of hydrogen-bond acceptors (Lipinski definition) is 1. The Labute approximate surface area is 165 Å². The predicted molar refractivity (Wildman–Crippen MR) is 123 cm³/mol. The highest BCUT2D eigenvalue weighted by molar-refractivity contribution is 7.14. The summed E-state index contributed by atoms with van der Waals surface area (Å²) in [6, 6.07) is 20.3. The zero-order valence-corrected chi connectivity index (χ0v) is 16.7. The second kappa shape index (κ2) is 6.25. The summed E-state index contributed by atoms with van der Waals surface area (Å²) in [7, 11) is 0. The van der Waals surface area contributed by atoms with Gasteiger partial charge in [-0.15, -0.1) is 11.3 Å². The molecule has 1 aliphatic rings. The minimum Gasteiger partial charge on any atom is -0.145 e. The second-order valence-electron chi connectivity index (χ2n) is 7.61. The zero-order chi connectivity index (χ0) is 18.5. The van der Waals surface area contributed by atoms with Crippen molar-refractivity contribution in [1.29, 1.82) is 0 Å². The van der Waals surface area contributed by atoms with E-state index in [-0.39, 0.29) is 6.71 Å². The molecule has 3 aromatic carbocycles. The molecule has 0 radical (unpaired) electrons. The number of hydrogen-bond donors (Lipinski definition) is 0. The van der Waals surface area contributed by atoms with Gasteiger partial charge in [-0.3, -0.25) is 0 Å². The summed E-state index contributed by atoms with van der Waals surface area (Å²) in [5.74, 6) is 0. The van der Waals surface area contributed by atoms with Crippen molar-refractivity contribution in [2.75, 3.05) is 0 Å². The third kappa shape index (κ3) is 2.59. The summed E-state index contributed by atoms with van der Waals surface area (Å²) in [6.07, 6.45) is 4.60. The van der Waals surface area contributed by atoms with E-state index >= 15 is 0 Å². The third-order valence-corrected chi connectivity index (χ3v) is 6.67. The smallest absolute Gasteiger partial charge is 0.145 e. The summed E-state index contributed by atoms with van der Waals surface area (Å²) in [6.45, 7) is 7.00. The van der Waals surface area contributed by atoms with Gasteiger partial charge in [0.05, 0.1) is 0 Å². The highest BCUT2D eigenvalue weighted by atomic mass is 32.1. The minimum absolute atomic E-state index is 0.267. The lowest BCUT2D eigenvalue weighted by atomic mass is 9.34. The van der Waals surface area contributed by atoms with Gasteiger partial charge in [0.1, 0.15) is 0 Å². The van der Waals surface area contributed by atoms with E-state index in [9.17, 15) is 0 Å². The lowest BCUT2D eigenvalue weighted by Gasteiger charge is -2.23. The van der Waals surface area contributed by atoms with Crippen LogP contribution in [0, 0.1) is 20.8 Å². The molecule has 0 saturated carbocycles. The largest absolute Gasteiger partial charge is 0.245 e. The lowest BCUT2D eigenvalue weighted by Crippen LogP contribution is -2.55. The average molecular weight is 364 g/mol. The molecule has 0 nitrogen and oxygen atoms in total. The molecule has 2 heterocycles. The maximum absolute atomic E-state index is 2.33. The average Bonchev–Trinajstić information content (AvgIpc) is 3.05. The van der Waals surface area contributed by atoms with Crippen LogP contribution in [0.2, 0.25) is 0 Å². The van der Waals surface area contributed by atoms with Crippen molar-refractivity contribution in [3.8, 4) is 0 Å². The molecular weight excluding hydrogens is 343 g/mol. The van der Waals surface area contributed by atoms with Crippen molar-refractivity contribution in [3.63, 3.8) is 0 Å². The third-order valence-electron chi connectivity index (χ3n) is 5.77. The topological polar surface area (TPSA) is 0 Å². The second-order valence-corrected chi connectivity index (χ2v) is 8.56. The molecule has 2 heteroatoms. The molecule has 27 heavy (non-hydrogen) atoms. The van der Waals surface area contributed by atoms with Crippen molar-refractivity contribution < 1.29 is 0 Å². The van der Waals surface area contributed by atoms with Crippen molar-refractivity contribution in [2.45, 2.75) is 20.8 Å². The van der Waals surface area contributed by atoms with Gasteiger partial charge in [-0.1, -0.05) is 93.8 Å². The molecule has 4 aromatic rings. The molecule has 0 aliphatic carbocycles. The molecule has 0 amide bonds. The van der Waals surface area contributed by atoms with Gasteiger partial charge in [0.2, 0.25) is 6.71 Å². The Morgan fingerprint density at radius 3 is 2.37 bits per heavy atom. The standard InChI is InChI=1S/C25H21BS/c1-16-14-17(2)24(18(3)15-16)26-22-12-13-27-23(22)11-10-20-9-8-19-6-4-5-7-21(19)25(20)26/h4-15H,1-3H3. The van der Waals surface area contributed by atoms with Crippen LogP contribution in [0.1, 0.15) is 27.1 Å². The number of rotatable bonds is 1. The Bertz CT molecular complexity index is 1190. The Morgan fingerprint density at radius 1 is 0.778 bits per heavy atom. The first-order valence-corrected chi connectivity index (χ1v) is 10.4. The number of benzene rings is 3. The van der Waals surface area contributed by atoms with Gasteiger partial charge in [-0.25, -0.2) is 0 Å². The van der Waals surface area contributed by atoms with E-state index in [0.717, 1.165) is 0 Å². The molecule has 130 valence electrons. The minimum atomic E-state index is 0.267. The van der Waals surface area contributed by atoms with Crippen LogP contribution in [0.25, 0.3) is 22.9 Å². The molecule has 0 N–H and O–H groups in total. The van der Waals surface area contributed by atoms with Crippen molar-refractivity contribution in [2.24, 2.45) is 0 Å². The summed E-state index contributed by atoms with van der Waals surface area (Å²) < 4.78 is 0. The van der Waals surface area contributed by atoms with Crippen molar-refractivity contribution in [3.05, 3.63) is 87.1 Å². The maximum Gasteiger partial charge on any atom is 0.245 e. The highest BCUT2D eigenvalue weighted by Crippen LogP contribution is 2.23. The molecule has 0 atom stereocenters. The van der Waals surface area contributed by atoms with Gasteiger partial charge in [0.15, 0.2) is 0 Å². The fraction of sp³-hybridized carbons (Fsp3) is 0.120. The van der Waals surface area contributed by atoms with Gasteiger partial charge < -0.3 is 0 Å². The van der Waals surface area contributed by atoms with Gasteiger partial charge in [-0.05, 0) is 48.6 Å². The van der Waals surface area contributed by atoms with E-state index in [4.69, 9.17) is 0 Å². The van der Waals surface area contributed by atoms with Gasteiger partial charge >= 0.3 is 0 Å². The summed E-state index contributed by atoms with van der Waals surface area (Å²) in [4.78, 5) is 1.37. The predicted octanol–water partition coefficient (Wildman–Crippen LogP) is 4.83. The highest BCUT2D eigenvalue weighted by Gasteiger charge is 2.31. The Hall–Kier alpha value is -2.58. The van der Waals surface area contributed by atoms with Crippen LogP contribution in [0.15, 0.2) is 60.0 Å². The first-order chi connectivity index (χ1) is 13.1. The van der Waals surface area contributed by atoms with E-state index in [1.165, 1.54) is 54.3 Å². The van der Waals surface area contributed by atoms with Crippen LogP contribution in [-0.4, -0.2) is 6.71 Å². The van der Waals surface area contributed by atoms with Crippen LogP contribution >= 0.6 is 11.3 Å². The van der Waals surface area contributed by atoms with E-state index < -0.39 is 0 Å². The fourth-order valence-corrected chi connectivity index (χ4v) is 5.58. The SMILES string of the molecule is Cc1cc(C)c(B2c3ccsc3C=Cc3ccc4ccccc4c32)c(C)c1. The molecule has 5 rings (SSSR count). The maximum atomic E-state index is 2.33. The summed E-state index contributed by atoms with van der Waals surface area (Å²) in [5, 5.41) is 4.91. The van der Waals surface area contributed by atoms with Gasteiger partial charge in [-0.2, -0.15) is 0 Å². The molecule has 0 spiro atoms. The van der Waals surface area contributed by atoms with Crippen LogP contribution < -0.4 is 16.4 Å². The van der Waals surface area contributed by atoms with Crippen molar-refractivity contribution in [1.82, 2.24) is 0 Å². The van der Waals surface area contributed by atoms with Crippen molar-refractivity contribution >= 4 is 57.4 Å². The number of aryl methyl sites for hydroxylation is 3. The normalized spacial score (nSPS) is 12.8. The van der Waals surface area contributed by atoms with E-state index in [1.807, 2.05) is 11.3 Å². The zero-order valence-electron chi connectivity index (χ0n) is 15.9. The van der Waals surface area contributed by atoms with E-state index in [1.54, 1.807) is 0 Å². The fourth-order valence-electron chi connectivity index (χ4n) is 4.75. The Balaban J connectivity index is 1.93. The Kier molecular flexibility index (Phi) is 3.84. The van der Waals surface area contributed by atoms with Gasteiger partial charge in [0.25, 0.3) is 0 Å². The van der Waals surface area contributed by atoms with Gasteiger partial charge in [0, 0.05) is 4.88 Å². The molecule has 1 aliphatic heterocycles. The first-order valence-electron chi connectivity index (χ1n) is 9.48. The van der Waals surface area contributed by atoms with Crippen LogP contribution in [0.3, 0.4) is 0 Å². The molecule has 0 bridgehead atoms. The number of fused-ring (bicyclic) bond motifs is 4. The molecule has 0 unspecified atom stereocenters. The molecule has 1 aromatic heterocycles. The molecular formula is C25H21BS.